The molecule has 1 aromatic carbocycles. The standard InChI is InChI=1S/C16H18N4O2S2/c1-12-4-5-13-14(11-12)18-16(17-13)19-6-8-20(9-7-19)24(21,22)15-3-2-10-23-15/h2-5,10-11H,6-9H2,1H3,(H,17,18). The first-order chi connectivity index (χ1) is 11.5. The summed E-state index contributed by atoms with van der Waals surface area (Å²) in [5.41, 5.74) is 3.13. The number of anilines is 1. The van der Waals surface area contributed by atoms with Gasteiger partial charge in [-0.05, 0) is 36.1 Å². The van der Waals surface area contributed by atoms with Crippen LogP contribution in [0.1, 0.15) is 5.56 Å². The molecule has 0 radical (unpaired) electrons. The molecule has 0 spiro atoms. The number of nitrogens with one attached hydrogen (secondary N) is 1. The van der Waals surface area contributed by atoms with E-state index >= 15 is 0 Å². The third-order valence-corrected chi connectivity index (χ3v) is 7.52. The summed E-state index contributed by atoms with van der Waals surface area (Å²) in [6.45, 7) is 4.24. The molecular weight excluding hydrogens is 344 g/mol. The lowest BCUT2D eigenvalue weighted by atomic mass is 10.2. The molecule has 0 amide bonds. The summed E-state index contributed by atoms with van der Waals surface area (Å²) in [5.74, 6) is 0.809. The average Bonchev–Trinajstić information content (AvgIpc) is 3.24. The summed E-state index contributed by atoms with van der Waals surface area (Å²) in [4.78, 5) is 10.1. The van der Waals surface area contributed by atoms with Gasteiger partial charge in [-0.1, -0.05) is 12.1 Å². The molecule has 126 valence electrons. The molecule has 6 nitrogen and oxygen atoms in total. The topological polar surface area (TPSA) is 69.3 Å². The number of aromatic amines is 1. The van der Waals surface area contributed by atoms with Crippen molar-refractivity contribution in [1.29, 1.82) is 0 Å². The van der Waals surface area contributed by atoms with Crippen molar-refractivity contribution >= 4 is 38.3 Å². The molecule has 8 heteroatoms. The predicted molar refractivity (Wildman–Crippen MR) is 96.1 cm³/mol. The van der Waals surface area contributed by atoms with Gasteiger partial charge in [-0.25, -0.2) is 13.4 Å². The lowest BCUT2D eigenvalue weighted by Gasteiger charge is -2.33. The van der Waals surface area contributed by atoms with Crippen molar-refractivity contribution in [2.45, 2.75) is 11.1 Å². The lowest BCUT2D eigenvalue weighted by molar-refractivity contribution is 0.384. The Morgan fingerprint density at radius 1 is 1.17 bits per heavy atom. The number of fused-ring (bicyclic) bond motifs is 1. The highest BCUT2D eigenvalue weighted by Crippen LogP contribution is 2.24. The van der Waals surface area contributed by atoms with E-state index in [-0.39, 0.29) is 0 Å². The minimum atomic E-state index is -3.36. The first-order valence-corrected chi connectivity index (χ1v) is 10.1. The molecule has 4 rings (SSSR count). The van der Waals surface area contributed by atoms with Gasteiger partial charge in [0.1, 0.15) is 4.21 Å². The summed E-state index contributed by atoms with van der Waals surface area (Å²) < 4.78 is 27.1. The Labute approximate surface area is 144 Å². The number of aryl methyl sites for hydroxylation is 1. The number of rotatable bonds is 3. The molecule has 24 heavy (non-hydrogen) atoms. The van der Waals surface area contributed by atoms with E-state index in [0.29, 0.717) is 30.4 Å². The van der Waals surface area contributed by atoms with E-state index in [1.165, 1.54) is 16.9 Å². The van der Waals surface area contributed by atoms with E-state index in [2.05, 4.69) is 20.9 Å². The number of hydrogen-bond donors (Lipinski definition) is 1. The van der Waals surface area contributed by atoms with Crippen LogP contribution in [0.5, 0.6) is 0 Å². The zero-order valence-electron chi connectivity index (χ0n) is 13.3. The highest BCUT2D eigenvalue weighted by atomic mass is 32.2. The third-order valence-electron chi connectivity index (χ3n) is 4.25. The second-order valence-corrected chi connectivity index (χ2v) is 9.02. The fraction of sp³-hybridized carbons (Fsp3) is 0.312. The maximum atomic E-state index is 12.6. The fourth-order valence-corrected chi connectivity index (χ4v) is 5.50. The minimum absolute atomic E-state index is 0.412. The maximum Gasteiger partial charge on any atom is 0.252 e. The number of hydrogen-bond acceptors (Lipinski definition) is 5. The van der Waals surface area contributed by atoms with Crippen molar-refractivity contribution in [3.63, 3.8) is 0 Å². The van der Waals surface area contributed by atoms with Crippen LogP contribution in [0.2, 0.25) is 0 Å². The van der Waals surface area contributed by atoms with Crippen molar-refractivity contribution in [3.8, 4) is 0 Å². The largest absolute Gasteiger partial charge is 0.340 e. The number of benzene rings is 1. The van der Waals surface area contributed by atoms with Crippen LogP contribution in [-0.4, -0.2) is 48.9 Å². The van der Waals surface area contributed by atoms with Crippen LogP contribution < -0.4 is 4.90 Å². The number of thiophene rings is 1. The van der Waals surface area contributed by atoms with Gasteiger partial charge in [0.2, 0.25) is 5.95 Å². The Kier molecular flexibility index (Phi) is 3.82. The van der Waals surface area contributed by atoms with Gasteiger partial charge in [-0.15, -0.1) is 11.3 Å². The van der Waals surface area contributed by atoms with Crippen molar-refractivity contribution in [2.24, 2.45) is 0 Å². The molecule has 3 heterocycles. The normalized spacial score (nSPS) is 16.8. The zero-order valence-corrected chi connectivity index (χ0v) is 14.9. The highest BCUT2D eigenvalue weighted by molar-refractivity contribution is 7.91. The molecule has 1 fully saturated rings. The molecule has 0 bridgehead atoms. The molecule has 2 aromatic heterocycles. The minimum Gasteiger partial charge on any atom is -0.340 e. The molecule has 1 aliphatic heterocycles. The van der Waals surface area contributed by atoms with Crippen LogP contribution in [0.15, 0.2) is 39.9 Å². The molecule has 3 aromatic rings. The number of nitrogens with zero attached hydrogens (tertiary/aromatic N) is 3. The number of imidazole rings is 1. The Balaban J connectivity index is 1.51. The molecule has 0 unspecified atom stereocenters. The van der Waals surface area contributed by atoms with Gasteiger partial charge < -0.3 is 9.88 Å². The van der Waals surface area contributed by atoms with Crippen molar-refractivity contribution in [2.75, 3.05) is 31.1 Å². The number of piperazine rings is 1. The summed E-state index contributed by atoms with van der Waals surface area (Å²) in [6, 6.07) is 9.54. The van der Waals surface area contributed by atoms with Gasteiger partial charge in [-0.2, -0.15) is 4.31 Å². The third kappa shape index (κ3) is 2.70. The van der Waals surface area contributed by atoms with E-state index in [9.17, 15) is 8.42 Å². The van der Waals surface area contributed by atoms with Gasteiger partial charge in [0.05, 0.1) is 11.0 Å². The van der Waals surface area contributed by atoms with Crippen LogP contribution in [0.25, 0.3) is 11.0 Å². The molecular formula is C16H18N4O2S2. The monoisotopic (exact) mass is 362 g/mol. The van der Waals surface area contributed by atoms with Crippen LogP contribution >= 0.6 is 11.3 Å². The Morgan fingerprint density at radius 3 is 2.67 bits per heavy atom. The molecule has 0 aliphatic carbocycles. The molecule has 0 saturated carbocycles. The zero-order chi connectivity index (χ0) is 16.7. The summed E-state index contributed by atoms with van der Waals surface area (Å²) >= 11 is 1.26. The summed E-state index contributed by atoms with van der Waals surface area (Å²) in [6.07, 6.45) is 0. The van der Waals surface area contributed by atoms with Crippen LogP contribution in [0.4, 0.5) is 5.95 Å². The van der Waals surface area contributed by atoms with Gasteiger partial charge in [0.15, 0.2) is 0 Å². The van der Waals surface area contributed by atoms with Gasteiger partial charge >= 0.3 is 0 Å². The van der Waals surface area contributed by atoms with Gasteiger partial charge in [0, 0.05) is 26.2 Å². The second-order valence-electron chi connectivity index (χ2n) is 5.90. The smallest absolute Gasteiger partial charge is 0.252 e. The number of aromatic nitrogens is 2. The highest BCUT2D eigenvalue weighted by Gasteiger charge is 2.29. The Bertz CT molecular complexity index is 955. The quantitative estimate of drug-likeness (QED) is 0.777. The van der Waals surface area contributed by atoms with Crippen LogP contribution in [0, 0.1) is 6.92 Å². The first kappa shape index (κ1) is 15.6. The number of H-pyrrole nitrogens is 1. The fourth-order valence-electron chi connectivity index (χ4n) is 2.94. The lowest BCUT2D eigenvalue weighted by Crippen LogP contribution is -2.48. The van der Waals surface area contributed by atoms with Crippen molar-refractivity contribution in [1.82, 2.24) is 14.3 Å². The van der Waals surface area contributed by atoms with E-state index in [1.54, 1.807) is 21.8 Å². The molecule has 1 N–H and O–H groups in total. The molecule has 0 atom stereocenters. The summed E-state index contributed by atoms with van der Waals surface area (Å²) in [7, 11) is -3.36. The van der Waals surface area contributed by atoms with E-state index in [0.717, 1.165) is 17.0 Å². The van der Waals surface area contributed by atoms with Crippen LogP contribution in [-0.2, 0) is 10.0 Å². The Morgan fingerprint density at radius 2 is 1.96 bits per heavy atom. The van der Waals surface area contributed by atoms with Crippen molar-refractivity contribution < 1.29 is 8.42 Å². The maximum absolute atomic E-state index is 12.6. The Hall–Kier alpha value is -1.90. The SMILES string of the molecule is Cc1ccc2nc(N3CCN(S(=O)(=O)c4cccs4)CC3)[nH]c2c1. The summed E-state index contributed by atoms with van der Waals surface area (Å²) in [5, 5.41) is 1.79. The van der Waals surface area contributed by atoms with Crippen molar-refractivity contribution in [3.05, 3.63) is 41.3 Å². The van der Waals surface area contributed by atoms with Gasteiger partial charge in [0.25, 0.3) is 10.0 Å². The first-order valence-electron chi connectivity index (χ1n) is 7.79. The molecule has 1 saturated heterocycles. The van der Waals surface area contributed by atoms with E-state index < -0.39 is 10.0 Å². The second kappa shape index (κ2) is 5.87. The molecule has 1 aliphatic rings. The predicted octanol–water partition coefficient (Wildman–Crippen LogP) is 2.44. The van der Waals surface area contributed by atoms with E-state index in [1.807, 2.05) is 19.1 Å². The average molecular weight is 362 g/mol. The van der Waals surface area contributed by atoms with Crippen LogP contribution in [0.3, 0.4) is 0 Å². The number of sulfonamides is 1. The van der Waals surface area contributed by atoms with E-state index in [4.69, 9.17) is 0 Å². The van der Waals surface area contributed by atoms with Gasteiger partial charge in [-0.3, -0.25) is 0 Å².